The third-order valence-electron chi connectivity index (χ3n) is 2.07. The van der Waals surface area contributed by atoms with Crippen LogP contribution in [0, 0.1) is 0 Å². The molecule has 1 heterocycles. The number of nitrogens with zero attached hydrogens (tertiary/aromatic N) is 1. The molecule has 3 N–H and O–H groups in total. The van der Waals surface area contributed by atoms with Crippen molar-refractivity contribution in [1.29, 1.82) is 0 Å². The molecule has 1 aromatic rings. The maximum atomic E-state index is 10.9. The Morgan fingerprint density at radius 3 is 2.79 bits per heavy atom. The van der Waals surface area contributed by atoms with Gasteiger partial charge in [0.1, 0.15) is 0 Å². The van der Waals surface area contributed by atoms with E-state index >= 15 is 0 Å². The van der Waals surface area contributed by atoms with Crippen molar-refractivity contribution < 1.29 is 4.79 Å². The molecule has 0 saturated carbocycles. The fourth-order valence-corrected chi connectivity index (χ4v) is 1.35. The number of carbonyl (C=O) groups is 1. The van der Waals surface area contributed by atoms with Gasteiger partial charge in [-0.15, -0.1) is 0 Å². The van der Waals surface area contributed by atoms with Crippen LogP contribution in [0.15, 0.2) is 29.3 Å². The monoisotopic (exact) mass is 189 g/mol. The molecule has 2 rings (SSSR count). The van der Waals surface area contributed by atoms with Gasteiger partial charge in [0.25, 0.3) is 0 Å². The normalized spacial score (nSPS) is 18.6. The molecule has 4 heteroatoms. The minimum atomic E-state index is 0.0262. The Morgan fingerprint density at radius 1 is 1.36 bits per heavy atom. The average Bonchev–Trinajstić information content (AvgIpc) is 2.56. The summed E-state index contributed by atoms with van der Waals surface area (Å²) in [4.78, 5) is 15.2. The van der Waals surface area contributed by atoms with Crippen molar-refractivity contribution in [1.82, 2.24) is 5.32 Å². The van der Waals surface area contributed by atoms with Gasteiger partial charge in [0.05, 0.1) is 24.3 Å². The highest BCUT2D eigenvalue weighted by Crippen LogP contribution is 2.21. The Labute approximate surface area is 81.8 Å². The molecular weight excluding hydrogens is 178 g/mol. The zero-order chi connectivity index (χ0) is 9.97. The highest BCUT2D eigenvalue weighted by Gasteiger charge is 2.15. The zero-order valence-corrected chi connectivity index (χ0v) is 7.66. The van der Waals surface area contributed by atoms with Gasteiger partial charge < -0.3 is 11.1 Å². The van der Waals surface area contributed by atoms with E-state index in [1.165, 1.54) is 0 Å². The highest BCUT2D eigenvalue weighted by atomic mass is 16.1. The van der Waals surface area contributed by atoms with E-state index < -0.39 is 0 Å². The maximum Gasteiger partial charge on any atom is 0.226 e. The first-order valence-electron chi connectivity index (χ1n) is 4.43. The average molecular weight is 189 g/mol. The zero-order valence-electron chi connectivity index (χ0n) is 7.66. The second-order valence-corrected chi connectivity index (χ2v) is 3.19. The number of anilines is 1. The summed E-state index contributed by atoms with van der Waals surface area (Å²) < 4.78 is 0. The topological polar surface area (TPSA) is 67.5 Å². The molecule has 0 aliphatic carbocycles. The first-order chi connectivity index (χ1) is 6.75. The number of carbonyl (C=O) groups excluding carboxylic acids is 1. The van der Waals surface area contributed by atoms with Crippen LogP contribution in [0.25, 0.3) is 0 Å². The van der Waals surface area contributed by atoms with E-state index in [9.17, 15) is 4.79 Å². The van der Waals surface area contributed by atoms with Crippen molar-refractivity contribution >= 4 is 23.0 Å². The summed E-state index contributed by atoms with van der Waals surface area (Å²) in [6.45, 7) is 0.535. The third kappa shape index (κ3) is 1.74. The molecular formula is C10H11N3O. The molecule has 1 aliphatic rings. The van der Waals surface area contributed by atoms with Crippen LogP contribution in [0.1, 0.15) is 6.42 Å². The lowest BCUT2D eigenvalue weighted by Crippen LogP contribution is -2.13. The lowest BCUT2D eigenvalue weighted by molar-refractivity contribution is -0.118. The van der Waals surface area contributed by atoms with Crippen molar-refractivity contribution in [2.45, 2.75) is 6.42 Å². The van der Waals surface area contributed by atoms with E-state index in [1.807, 2.05) is 18.2 Å². The smallest absolute Gasteiger partial charge is 0.226 e. The number of nitrogen functional groups attached to an aromatic ring is 1. The predicted octanol–water partition coefficient (Wildman–Crippen LogP) is 0.861. The molecule has 1 amide bonds. The van der Waals surface area contributed by atoms with E-state index in [2.05, 4.69) is 10.3 Å². The number of rotatable bonds is 1. The molecule has 0 atom stereocenters. The van der Waals surface area contributed by atoms with E-state index in [-0.39, 0.29) is 5.91 Å². The van der Waals surface area contributed by atoms with E-state index in [0.29, 0.717) is 18.7 Å². The van der Waals surface area contributed by atoms with Gasteiger partial charge >= 0.3 is 0 Å². The number of hydrogen-bond donors (Lipinski definition) is 2. The summed E-state index contributed by atoms with van der Waals surface area (Å²) in [7, 11) is 0. The molecule has 4 nitrogen and oxygen atoms in total. The minimum absolute atomic E-state index is 0.0262. The molecule has 72 valence electrons. The van der Waals surface area contributed by atoms with Crippen molar-refractivity contribution in [2.24, 2.45) is 4.99 Å². The Morgan fingerprint density at radius 2 is 2.14 bits per heavy atom. The van der Waals surface area contributed by atoms with Crippen molar-refractivity contribution in [3.63, 3.8) is 0 Å². The number of nitrogens with two attached hydrogens (primary N) is 1. The second kappa shape index (κ2) is 3.49. The third-order valence-corrected chi connectivity index (χ3v) is 2.07. The van der Waals surface area contributed by atoms with Gasteiger partial charge in [0.2, 0.25) is 5.91 Å². The first kappa shape index (κ1) is 8.74. The van der Waals surface area contributed by atoms with Gasteiger partial charge in [-0.1, -0.05) is 12.1 Å². The largest absolute Gasteiger partial charge is 0.397 e. The quantitative estimate of drug-likeness (QED) is 0.643. The number of nitrogens with one attached hydrogen (secondary N) is 1. The van der Waals surface area contributed by atoms with Crippen LogP contribution in [0.5, 0.6) is 0 Å². The summed E-state index contributed by atoms with van der Waals surface area (Å²) in [5, 5.41) is 2.70. The molecule has 0 bridgehead atoms. The number of para-hydroxylation sites is 2. The summed E-state index contributed by atoms with van der Waals surface area (Å²) >= 11 is 0. The molecule has 1 aliphatic heterocycles. The van der Waals surface area contributed by atoms with Crippen LogP contribution < -0.4 is 11.1 Å². The fraction of sp³-hybridized carbons (Fsp3) is 0.200. The van der Waals surface area contributed by atoms with Gasteiger partial charge in [0.15, 0.2) is 0 Å². The summed E-state index contributed by atoms with van der Waals surface area (Å²) in [6, 6.07) is 7.37. The van der Waals surface area contributed by atoms with Crippen molar-refractivity contribution in [3.8, 4) is 0 Å². The van der Waals surface area contributed by atoms with E-state index in [0.717, 1.165) is 11.4 Å². The molecule has 0 unspecified atom stereocenters. The molecule has 1 fully saturated rings. The molecule has 1 saturated heterocycles. The standard InChI is InChI=1S/C10H11N3O/c11-8-3-1-2-4-9(8)13-7-5-10(14)12-6-7/h1-4H,5-6,11H2,(H,12,14). The number of hydrogen-bond acceptors (Lipinski definition) is 3. The molecule has 14 heavy (non-hydrogen) atoms. The number of amides is 1. The van der Waals surface area contributed by atoms with Crippen LogP contribution in [0.4, 0.5) is 11.4 Å². The van der Waals surface area contributed by atoms with Crippen LogP contribution in [0.3, 0.4) is 0 Å². The Hall–Kier alpha value is -1.84. The lowest BCUT2D eigenvalue weighted by atomic mass is 10.2. The van der Waals surface area contributed by atoms with Crippen molar-refractivity contribution in [3.05, 3.63) is 24.3 Å². The van der Waals surface area contributed by atoms with Crippen LogP contribution in [0.2, 0.25) is 0 Å². The van der Waals surface area contributed by atoms with Gasteiger partial charge in [-0.2, -0.15) is 0 Å². The lowest BCUT2D eigenvalue weighted by Gasteiger charge is -1.99. The maximum absolute atomic E-state index is 10.9. The van der Waals surface area contributed by atoms with Gasteiger partial charge in [-0.3, -0.25) is 9.79 Å². The molecule has 1 aromatic carbocycles. The Balaban J connectivity index is 2.25. The molecule has 0 aromatic heterocycles. The van der Waals surface area contributed by atoms with E-state index in [4.69, 9.17) is 5.73 Å². The SMILES string of the molecule is Nc1ccccc1N=C1CNC(=O)C1. The highest BCUT2D eigenvalue weighted by molar-refractivity contribution is 6.09. The fourth-order valence-electron chi connectivity index (χ4n) is 1.35. The summed E-state index contributed by atoms with van der Waals surface area (Å²) in [5.41, 5.74) is 7.94. The van der Waals surface area contributed by atoms with E-state index in [1.54, 1.807) is 6.07 Å². The minimum Gasteiger partial charge on any atom is -0.397 e. The van der Waals surface area contributed by atoms with Crippen LogP contribution >= 0.6 is 0 Å². The number of aliphatic imine (C=N–C) groups is 1. The summed E-state index contributed by atoms with van der Waals surface area (Å²) in [5.74, 6) is 0.0262. The number of benzene rings is 1. The second-order valence-electron chi connectivity index (χ2n) is 3.19. The first-order valence-corrected chi connectivity index (χ1v) is 4.43. The van der Waals surface area contributed by atoms with Gasteiger partial charge in [-0.25, -0.2) is 0 Å². The Bertz CT molecular complexity index is 398. The Kier molecular flexibility index (Phi) is 2.18. The van der Waals surface area contributed by atoms with Crippen LogP contribution in [-0.4, -0.2) is 18.2 Å². The van der Waals surface area contributed by atoms with Crippen molar-refractivity contribution in [2.75, 3.05) is 12.3 Å². The molecule has 0 radical (unpaired) electrons. The van der Waals surface area contributed by atoms with Gasteiger partial charge in [-0.05, 0) is 12.1 Å². The predicted molar refractivity (Wildman–Crippen MR) is 55.6 cm³/mol. The summed E-state index contributed by atoms with van der Waals surface area (Å²) in [6.07, 6.45) is 0.383. The van der Waals surface area contributed by atoms with Crippen LogP contribution in [-0.2, 0) is 4.79 Å². The van der Waals surface area contributed by atoms with Gasteiger partial charge in [0, 0.05) is 5.71 Å². The molecule has 0 spiro atoms.